The van der Waals surface area contributed by atoms with E-state index in [1.807, 2.05) is 0 Å². The highest BCUT2D eigenvalue weighted by Crippen LogP contribution is 2.21. The summed E-state index contributed by atoms with van der Waals surface area (Å²) in [6.45, 7) is 1.91. The third-order valence-electron chi connectivity index (χ3n) is 3.02. The Balaban J connectivity index is 2.02. The summed E-state index contributed by atoms with van der Waals surface area (Å²) in [5.74, 6) is -0.0264. The number of halogens is 1. The number of ether oxygens (including phenoxy) is 1. The van der Waals surface area contributed by atoms with Crippen molar-refractivity contribution in [1.82, 2.24) is 0 Å². The molecule has 0 aromatic heterocycles. The van der Waals surface area contributed by atoms with Crippen molar-refractivity contribution in [2.24, 2.45) is 5.73 Å². The fourth-order valence-corrected chi connectivity index (χ4v) is 1.85. The summed E-state index contributed by atoms with van der Waals surface area (Å²) in [6.07, 6.45) is 0. The van der Waals surface area contributed by atoms with Gasteiger partial charge < -0.3 is 10.5 Å². The molecule has 0 aliphatic heterocycles. The molecule has 0 spiro atoms. The van der Waals surface area contributed by atoms with Crippen molar-refractivity contribution in [3.05, 3.63) is 69.5 Å². The number of rotatable bonds is 5. The summed E-state index contributed by atoms with van der Waals surface area (Å²) in [4.78, 5) is 10.1. The average molecular weight is 290 g/mol. The van der Waals surface area contributed by atoms with E-state index in [2.05, 4.69) is 0 Å². The van der Waals surface area contributed by atoms with Gasteiger partial charge in [0.2, 0.25) is 0 Å². The van der Waals surface area contributed by atoms with Gasteiger partial charge in [-0.1, -0.05) is 6.07 Å². The molecular formula is C15H15FN2O3. The molecule has 2 aromatic carbocycles. The third-order valence-corrected chi connectivity index (χ3v) is 3.02. The van der Waals surface area contributed by atoms with Crippen LogP contribution in [0.1, 0.15) is 24.1 Å². The lowest BCUT2D eigenvalue weighted by Gasteiger charge is -2.10. The summed E-state index contributed by atoms with van der Waals surface area (Å²) in [6, 6.07) is 10.1. The summed E-state index contributed by atoms with van der Waals surface area (Å²) in [7, 11) is 0. The van der Waals surface area contributed by atoms with Gasteiger partial charge in [0.1, 0.15) is 18.2 Å². The summed E-state index contributed by atoms with van der Waals surface area (Å²) in [5, 5.41) is 10.5. The van der Waals surface area contributed by atoms with E-state index in [4.69, 9.17) is 10.5 Å². The van der Waals surface area contributed by atoms with Gasteiger partial charge in [0.25, 0.3) is 5.69 Å². The second-order valence-electron chi connectivity index (χ2n) is 4.68. The Morgan fingerprint density at radius 2 is 1.95 bits per heavy atom. The van der Waals surface area contributed by atoms with Gasteiger partial charge in [-0.3, -0.25) is 10.1 Å². The van der Waals surface area contributed by atoms with Gasteiger partial charge in [-0.15, -0.1) is 0 Å². The average Bonchev–Trinajstić information content (AvgIpc) is 2.45. The predicted molar refractivity (Wildman–Crippen MR) is 76.4 cm³/mol. The number of hydrogen-bond acceptors (Lipinski definition) is 4. The first-order valence-electron chi connectivity index (χ1n) is 6.38. The Hall–Kier alpha value is -2.47. The number of nitrogens with two attached hydrogens (primary N) is 1. The van der Waals surface area contributed by atoms with Crippen molar-refractivity contribution < 1.29 is 14.1 Å². The van der Waals surface area contributed by atoms with Crippen LogP contribution in [0.2, 0.25) is 0 Å². The molecule has 5 nitrogen and oxygen atoms in total. The van der Waals surface area contributed by atoms with Gasteiger partial charge in [-0.25, -0.2) is 4.39 Å². The molecule has 6 heteroatoms. The van der Waals surface area contributed by atoms with Crippen LogP contribution >= 0.6 is 0 Å². The zero-order valence-corrected chi connectivity index (χ0v) is 11.5. The molecule has 0 radical (unpaired) electrons. The monoisotopic (exact) mass is 290 g/mol. The van der Waals surface area contributed by atoms with E-state index in [9.17, 15) is 14.5 Å². The van der Waals surface area contributed by atoms with Crippen LogP contribution in [-0.4, -0.2) is 4.92 Å². The SMILES string of the molecule is CC(N)c1ccc(OCc2ccc([N+](=O)[O-])cc2)cc1F. The first-order valence-corrected chi connectivity index (χ1v) is 6.38. The van der Waals surface area contributed by atoms with E-state index in [1.165, 1.54) is 18.2 Å². The number of nitro groups is 1. The highest BCUT2D eigenvalue weighted by molar-refractivity contribution is 5.34. The van der Waals surface area contributed by atoms with E-state index in [0.717, 1.165) is 5.56 Å². The Bertz CT molecular complexity index is 642. The van der Waals surface area contributed by atoms with Gasteiger partial charge in [-0.05, 0) is 30.7 Å². The van der Waals surface area contributed by atoms with Gasteiger partial charge in [0, 0.05) is 29.8 Å². The molecule has 0 saturated carbocycles. The Morgan fingerprint density at radius 1 is 1.29 bits per heavy atom. The van der Waals surface area contributed by atoms with E-state index < -0.39 is 10.7 Å². The summed E-state index contributed by atoms with van der Waals surface area (Å²) in [5.41, 5.74) is 6.84. The highest BCUT2D eigenvalue weighted by atomic mass is 19.1. The molecule has 0 saturated heterocycles. The zero-order valence-electron chi connectivity index (χ0n) is 11.5. The fraction of sp³-hybridized carbons (Fsp3) is 0.200. The molecule has 2 rings (SSSR count). The Morgan fingerprint density at radius 3 is 2.48 bits per heavy atom. The molecule has 0 bridgehead atoms. The van der Waals surface area contributed by atoms with Crippen LogP contribution < -0.4 is 10.5 Å². The number of nitrogens with zero attached hydrogens (tertiary/aromatic N) is 1. The van der Waals surface area contributed by atoms with Crippen molar-refractivity contribution in [1.29, 1.82) is 0 Å². The number of non-ortho nitro benzene ring substituents is 1. The molecule has 2 N–H and O–H groups in total. The van der Waals surface area contributed by atoms with Crippen molar-refractivity contribution >= 4 is 5.69 Å². The fourth-order valence-electron chi connectivity index (χ4n) is 1.85. The second-order valence-corrected chi connectivity index (χ2v) is 4.68. The molecule has 0 aliphatic rings. The standard InChI is InChI=1S/C15H15FN2O3/c1-10(17)14-7-6-13(8-15(14)16)21-9-11-2-4-12(5-3-11)18(19)20/h2-8,10H,9,17H2,1H3. The third kappa shape index (κ3) is 3.76. The maximum atomic E-state index is 13.7. The lowest BCUT2D eigenvalue weighted by molar-refractivity contribution is -0.384. The van der Waals surface area contributed by atoms with E-state index in [0.29, 0.717) is 11.3 Å². The molecule has 0 aliphatic carbocycles. The molecule has 0 fully saturated rings. The highest BCUT2D eigenvalue weighted by Gasteiger charge is 2.08. The maximum Gasteiger partial charge on any atom is 0.269 e. The van der Waals surface area contributed by atoms with E-state index in [1.54, 1.807) is 31.2 Å². The Labute approximate surface area is 121 Å². The van der Waals surface area contributed by atoms with Crippen molar-refractivity contribution in [2.45, 2.75) is 19.6 Å². The number of hydrogen-bond donors (Lipinski definition) is 1. The molecule has 0 amide bonds. The van der Waals surface area contributed by atoms with E-state index in [-0.39, 0.29) is 18.3 Å². The van der Waals surface area contributed by atoms with Crippen molar-refractivity contribution in [3.8, 4) is 5.75 Å². The van der Waals surface area contributed by atoms with Crippen LogP contribution in [0.3, 0.4) is 0 Å². The van der Waals surface area contributed by atoms with Crippen LogP contribution in [0, 0.1) is 15.9 Å². The minimum absolute atomic E-state index is 0.0195. The molecule has 2 aromatic rings. The lowest BCUT2D eigenvalue weighted by Crippen LogP contribution is -2.07. The van der Waals surface area contributed by atoms with Crippen LogP contribution in [0.5, 0.6) is 5.75 Å². The second kappa shape index (κ2) is 6.32. The van der Waals surface area contributed by atoms with Gasteiger partial charge in [0.05, 0.1) is 4.92 Å². The molecule has 1 atom stereocenters. The van der Waals surface area contributed by atoms with E-state index >= 15 is 0 Å². The minimum atomic E-state index is -0.466. The van der Waals surface area contributed by atoms with Gasteiger partial charge in [0.15, 0.2) is 0 Å². The molecule has 110 valence electrons. The normalized spacial score (nSPS) is 12.0. The summed E-state index contributed by atoms with van der Waals surface area (Å²) < 4.78 is 19.2. The first-order chi connectivity index (χ1) is 9.97. The minimum Gasteiger partial charge on any atom is -0.489 e. The number of nitro benzene ring substituents is 1. The quantitative estimate of drug-likeness (QED) is 0.676. The van der Waals surface area contributed by atoms with Crippen LogP contribution in [0.25, 0.3) is 0 Å². The molecule has 1 unspecified atom stereocenters. The van der Waals surface area contributed by atoms with Gasteiger partial charge >= 0.3 is 0 Å². The summed E-state index contributed by atoms with van der Waals surface area (Å²) >= 11 is 0. The van der Waals surface area contributed by atoms with Crippen LogP contribution in [0.15, 0.2) is 42.5 Å². The topological polar surface area (TPSA) is 78.4 Å². The maximum absolute atomic E-state index is 13.7. The lowest BCUT2D eigenvalue weighted by atomic mass is 10.1. The Kier molecular flexibility index (Phi) is 4.49. The predicted octanol–water partition coefficient (Wildman–Crippen LogP) is 3.33. The molecule has 21 heavy (non-hydrogen) atoms. The number of benzene rings is 2. The van der Waals surface area contributed by atoms with Crippen molar-refractivity contribution in [2.75, 3.05) is 0 Å². The zero-order chi connectivity index (χ0) is 15.4. The first kappa shape index (κ1) is 14.9. The smallest absolute Gasteiger partial charge is 0.269 e. The molecule has 0 heterocycles. The molecular weight excluding hydrogens is 275 g/mol. The van der Waals surface area contributed by atoms with Gasteiger partial charge in [-0.2, -0.15) is 0 Å². The van der Waals surface area contributed by atoms with Crippen LogP contribution in [0.4, 0.5) is 10.1 Å². The largest absolute Gasteiger partial charge is 0.489 e. The van der Waals surface area contributed by atoms with Crippen molar-refractivity contribution in [3.63, 3.8) is 0 Å². The van der Waals surface area contributed by atoms with Crippen LogP contribution in [-0.2, 0) is 6.61 Å².